The number of aryl methyl sites for hydroxylation is 2. The van der Waals surface area contributed by atoms with Crippen LogP contribution in [0.4, 0.5) is 0 Å². The Morgan fingerprint density at radius 3 is 2.84 bits per heavy atom. The van der Waals surface area contributed by atoms with E-state index in [1.165, 1.54) is 0 Å². The lowest BCUT2D eigenvalue weighted by atomic mass is 10.3. The van der Waals surface area contributed by atoms with Crippen molar-refractivity contribution in [2.75, 3.05) is 5.88 Å². The summed E-state index contributed by atoms with van der Waals surface area (Å²) in [7, 11) is 0. The van der Waals surface area contributed by atoms with E-state index in [9.17, 15) is 0 Å². The third kappa shape index (κ3) is 2.33. The molecule has 0 aliphatic rings. The number of hydrogen-bond donors (Lipinski definition) is 0. The summed E-state index contributed by atoms with van der Waals surface area (Å²) in [5, 5.41) is 3.93. The summed E-state index contributed by atoms with van der Waals surface area (Å²) in [6.45, 7) is 2.33. The Hall–Kier alpha value is -1.88. The first-order chi connectivity index (χ1) is 9.28. The lowest BCUT2D eigenvalue weighted by molar-refractivity contribution is 0.386. The smallest absolute Gasteiger partial charge is 0.223 e. The van der Waals surface area contributed by atoms with Crippen LogP contribution in [0.3, 0.4) is 0 Å². The highest BCUT2D eigenvalue weighted by Crippen LogP contribution is 2.17. The first-order valence-electron chi connectivity index (χ1n) is 6.07. The second kappa shape index (κ2) is 5.01. The Morgan fingerprint density at radius 2 is 2.11 bits per heavy atom. The van der Waals surface area contributed by atoms with Gasteiger partial charge in [0.1, 0.15) is 5.82 Å². The normalized spacial score (nSPS) is 11.3. The van der Waals surface area contributed by atoms with Gasteiger partial charge in [0.2, 0.25) is 5.89 Å². The van der Waals surface area contributed by atoms with Crippen LogP contribution in [0.2, 0.25) is 0 Å². The maximum absolute atomic E-state index is 5.84. The largest absolute Gasteiger partial charge is 0.340 e. The van der Waals surface area contributed by atoms with Crippen LogP contribution in [0.5, 0.6) is 0 Å². The molecule has 0 N–H and O–H groups in total. The Bertz CT molecular complexity index is 704. The van der Waals surface area contributed by atoms with Gasteiger partial charge in [-0.1, -0.05) is 17.3 Å². The first-order valence-corrected chi connectivity index (χ1v) is 6.60. The molecule has 2 heterocycles. The lowest BCUT2D eigenvalue weighted by Crippen LogP contribution is -2.07. The first kappa shape index (κ1) is 12.2. The van der Waals surface area contributed by atoms with Gasteiger partial charge in [0.15, 0.2) is 5.82 Å². The molecule has 1 aromatic carbocycles. The second-order valence-electron chi connectivity index (χ2n) is 4.27. The summed E-state index contributed by atoms with van der Waals surface area (Å²) in [5.41, 5.74) is 2.02. The fourth-order valence-electron chi connectivity index (χ4n) is 2.12. The van der Waals surface area contributed by atoms with Gasteiger partial charge in [0.25, 0.3) is 0 Å². The van der Waals surface area contributed by atoms with Gasteiger partial charge in [-0.15, -0.1) is 11.6 Å². The highest BCUT2D eigenvalue weighted by molar-refractivity contribution is 6.17. The maximum atomic E-state index is 5.84. The fourth-order valence-corrected chi connectivity index (χ4v) is 2.29. The molecule has 0 fully saturated rings. The average molecular weight is 277 g/mol. The molecule has 0 aliphatic carbocycles. The zero-order chi connectivity index (χ0) is 13.2. The number of hydrogen-bond acceptors (Lipinski definition) is 4. The molecular weight excluding hydrogens is 264 g/mol. The minimum atomic E-state index is 0.536. The number of rotatable bonds is 4. The summed E-state index contributed by atoms with van der Waals surface area (Å²) < 4.78 is 7.09. The van der Waals surface area contributed by atoms with Gasteiger partial charge in [-0.25, -0.2) is 4.98 Å². The Labute approximate surface area is 115 Å². The summed E-state index contributed by atoms with van der Waals surface area (Å²) in [5.74, 6) is 2.70. The van der Waals surface area contributed by atoms with Gasteiger partial charge in [-0.2, -0.15) is 4.98 Å². The van der Waals surface area contributed by atoms with Crippen LogP contribution in [0.15, 0.2) is 28.8 Å². The van der Waals surface area contributed by atoms with Crippen molar-refractivity contribution in [2.45, 2.75) is 19.9 Å². The van der Waals surface area contributed by atoms with Crippen LogP contribution < -0.4 is 0 Å². The molecule has 3 rings (SSSR count). The Kier molecular flexibility index (Phi) is 3.21. The van der Waals surface area contributed by atoms with Gasteiger partial charge in [-0.3, -0.25) is 0 Å². The van der Waals surface area contributed by atoms with E-state index in [0.29, 0.717) is 30.6 Å². The van der Waals surface area contributed by atoms with Gasteiger partial charge in [-0.05, 0) is 12.1 Å². The highest BCUT2D eigenvalue weighted by Gasteiger charge is 2.12. The molecule has 0 amide bonds. The van der Waals surface area contributed by atoms with Crippen molar-refractivity contribution in [3.63, 3.8) is 0 Å². The molecule has 6 heteroatoms. The SMILES string of the molecule is Cc1nc(Cn2c(CCCl)nc3ccccc32)no1. The zero-order valence-corrected chi connectivity index (χ0v) is 11.3. The van der Waals surface area contributed by atoms with Gasteiger partial charge >= 0.3 is 0 Å². The number of aromatic nitrogens is 4. The number of benzene rings is 1. The molecule has 5 nitrogen and oxygen atoms in total. The second-order valence-corrected chi connectivity index (χ2v) is 4.65. The predicted octanol–water partition coefficient (Wildman–Crippen LogP) is 2.56. The summed E-state index contributed by atoms with van der Waals surface area (Å²) >= 11 is 5.84. The van der Waals surface area contributed by atoms with Crippen molar-refractivity contribution < 1.29 is 4.52 Å². The van der Waals surface area contributed by atoms with E-state index in [0.717, 1.165) is 16.9 Å². The Balaban J connectivity index is 2.06. The van der Waals surface area contributed by atoms with Crippen LogP contribution in [0.25, 0.3) is 11.0 Å². The molecule has 0 bridgehead atoms. The van der Waals surface area contributed by atoms with E-state index in [1.807, 2.05) is 24.3 Å². The van der Waals surface area contributed by atoms with E-state index in [-0.39, 0.29) is 0 Å². The fraction of sp³-hybridized carbons (Fsp3) is 0.308. The molecule has 0 aliphatic heterocycles. The van der Waals surface area contributed by atoms with Crippen molar-refractivity contribution in [1.82, 2.24) is 19.7 Å². The molecule has 0 atom stereocenters. The molecule has 2 aromatic heterocycles. The van der Waals surface area contributed by atoms with Crippen molar-refractivity contribution in [3.05, 3.63) is 41.8 Å². The van der Waals surface area contributed by atoms with Crippen molar-refractivity contribution >= 4 is 22.6 Å². The quantitative estimate of drug-likeness (QED) is 0.687. The molecule has 0 saturated heterocycles. The number of para-hydroxylation sites is 2. The number of imidazole rings is 1. The van der Waals surface area contributed by atoms with Crippen LogP contribution in [-0.4, -0.2) is 25.6 Å². The van der Waals surface area contributed by atoms with Gasteiger partial charge in [0.05, 0.1) is 17.6 Å². The standard InChI is InChI=1S/C13H13ClN4O/c1-9-15-12(17-19-9)8-18-11-5-3-2-4-10(11)16-13(18)6-7-14/h2-5H,6-8H2,1H3. The molecule has 98 valence electrons. The molecule has 19 heavy (non-hydrogen) atoms. The van der Waals surface area contributed by atoms with Crippen molar-refractivity contribution in [2.24, 2.45) is 0 Å². The molecular formula is C13H13ClN4O. The van der Waals surface area contributed by atoms with Crippen LogP contribution in [0, 0.1) is 6.92 Å². The zero-order valence-electron chi connectivity index (χ0n) is 10.5. The van der Waals surface area contributed by atoms with Crippen LogP contribution in [0.1, 0.15) is 17.5 Å². The third-order valence-corrected chi connectivity index (χ3v) is 3.11. The van der Waals surface area contributed by atoms with E-state index >= 15 is 0 Å². The highest BCUT2D eigenvalue weighted by atomic mass is 35.5. The van der Waals surface area contributed by atoms with E-state index < -0.39 is 0 Å². The van der Waals surface area contributed by atoms with E-state index in [2.05, 4.69) is 19.7 Å². The monoisotopic (exact) mass is 276 g/mol. The number of nitrogens with zero attached hydrogens (tertiary/aromatic N) is 4. The van der Waals surface area contributed by atoms with Crippen molar-refractivity contribution in [1.29, 1.82) is 0 Å². The van der Waals surface area contributed by atoms with E-state index in [1.54, 1.807) is 6.92 Å². The van der Waals surface area contributed by atoms with Crippen LogP contribution in [-0.2, 0) is 13.0 Å². The summed E-state index contributed by atoms with van der Waals surface area (Å²) in [4.78, 5) is 8.83. The van der Waals surface area contributed by atoms with E-state index in [4.69, 9.17) is 16.1 Å². The van der Waals surface area contributed by atoms with Crippen molar-refractivity contribution in [3.8, 4) is 0 Å². The topological polar surface area (TPSA) is 56.7 Å². The van der Waals surface area contributed by atoms with Gasteiger partial charge < -0.3 is 9.09 Å². The summed E-state index contributed by atoms with van der Waals surface area (Å²) in [6, 6.07) is 7.99. The molecule has 0 saturated carbocycles. The predicted molar refractivity (Wildman–Crippen MR) is 72.3 cm³/mol. The summed E-state index contributed by atoms with van der Waals surface area (Å²) in [6.07, 6.45) is 0.715. The minimum Gasteiger partial charge on any atom is -0.340 e. The average Bonchev–Trinajstić information content (AvgIpc) is 2.96. The number of halogens is 1. The molecule has 3 aromatic rings. The van der Waals surface area contributed by atoms with Gasteiger partial charge in [0, 0.05) is 19.2 Å². The number of alkyl halides is 1. The maximum Gasteiger partial charge on any atom is 0.223 e. The lowest BCUT2D eigenvalue weighted by Gasteiger charge is -2.05. The number of fused-ring (bicyclic) bond motifs is 1. The molecule has 0 spiro atoms. The minimum absolute atomic E-state index is 0.536. The molecule has 0 unspecified atom stereocenters. The molecule has 0 radical (unpaired) electrons. The Morgan fingerprint density at radius 1 is 1.26 bits per heavy atom. The third-order valence-electron chi connectivity index (χ3n) is 2.92. The van der Waals surface area contributed by atoms with Crippen LogP contribution >= 0.6 is 11.6 Å².